The van der Waals surface area contributed by atoms with Crippen molar-refractivity contribution in [3.05, 3.63) is 108 Å². The number of aryl methyl sites for hydroxylation is 2. The van der Waals surface area contributed by atoms with E-state index >= 15 is 4.39 Å². The number of anilines is 1. The van der Waals surface area contributed by atoms with Gasteiger partial charge in [-0.1, -0.05) is 81.1 Å². The van der Waals surface area contributed by atoms with E-state index in [9.17, 15) is 5.11 Å². The van der Waals surface area contributed by atoms with Crippen LogP contribution in [0, 0.1) is 19.8 Å². The minimum atomic E-state index is -1.86. The fourth-order valence-corrected chi connectivity index (χ4v) is 5.52. The molecule has 3 unspecified atom stereocenters. The number of nitrogens with one attached hydrogen (secondary N) is 3. The highest BCUT2D eigenvalue weighted by atomic mass is 19.1. The molecule has 4 aromatic rings. The van der Waals surface area contributed by atoms with Gasteiger partial charge < -0.3 is 15.7 Å². The van der Waals surface area contributed by atoms with Crippen LogP contribution in [0.4, 0.5) is 10.2 Å². The van der Waals surface area contributed by atoms with Crippen LogP contribution in [0.5, 0.6) is 0 Å². The second-order valence-electron chi connectivity index (χ2n) is 11.7. The second kappa shape index (κ2) is 15.1. The first kappa shape index (κ1) is 32.2. The van der Waals surface area contributed by atoms with Gasteiger partial charge in [-0.2, -0.15) is 0 Å². The lowest BCUT2D eigenvalue weighted by Gasteiger charge is -2.38. The number of rotatable bonds is 16. The zero-order valence-corrected chi connectivity index (χ0v) is 26.1. The van der Waals surface area contributed by atoms with Crippen LogP contribution < -0.4 is 16.0 Å². The zero-order valence-electron chi connectivity index (χ0n) is 26.1. The molecule has 0 saturated heterocycles. The lowest BCUT2D eigenvalue weighted by Crippen LogP contribution is -2.58. The molecule has 0 aliphatic rings. The number of benzene rings is 3. The van der Waals surface area contributed by atoms with Crippen LogP contribution in [0.2, 0.25) is 0 Å². The lowest BCUT2D eigenvalue weighted by atomic mass is 9.93. The van der Waals surface area contributed by atoms with Crippen molar-refractivity contribution in [1.29, 1.82) is 0 Å². The third-order valence-electron chi connectivity index (χ3n) is 8.33. The topological polar surface area (TPSA) is 69.2 Å². The molecule has 5 nitrogen and oxygen atoms in total. The Kier molecular flexibility index (Phi) is 11.3. The van der Waals surface area contributed by atoms with Crippen molar-refractivity contribution in [3.8, 4) is 11.1 Å². The van der Waals surface area contributed by atoms with E-state index in [0.29, 0.717) is 31.4 Å². The molecule has 4 N–H and O–H groups in total. The number of nitrogens with zero attached hydrogens (tertiary/aromatic N) is 1. The van der Waals surface area contributed by atoms with Gasteiger partial charge in [-0.3, -0.25) is 5.32 Å². The number of fused-ring (bicyclic) bond motifs is 1. The van der Waals surface area contributed by atoms with Gasteiger partial charge in [-0.15, -0.1) is 0 Å². The predicted molar refractivity (Wildman–Crippen MR) is 179 cm³/mol. The van der Waals surface area contributed by atoms with E-state index in [0.717, 1.165) is 35.5 Å². The van der Waals surface area contributed by atoms with Crippen LogP contribution in [-0.2, 0) is 0 Å². The lowest BCUT2D eigenvalue weighted by molar-refractivity contribution is 0.00569. The molecule has 228 valence electrons. The number of halogens is 1. The Labute approximate surface area is 256 Å². The SMILES string of the molecule is C=C(CCCNc1cc(C)ccn1)NC(F)(NC(CCCO)c1ccc(-c2ccc(C)c3ccccc23)cc1)C(C)CC. The maximum atomic E-state index is 16.8. The molecular weight excluding hydrogens is 535 g/mol. The van der Waals surface area contributed by atoms with Gasteiger partial charge >= 0.3 is 0 Å². The Morgan fingerprint density at radius 3 is 2.44 bits per heavy atom. The fourth-order valence-electron chi connectivity index (χ4n) is 5.52. The van der Waals surface area contributed by atoms with Crippen molar-refractivity contribution in [1.82, 2.24) is 15.6 Å². The number of pyridine rings is 1. The van der Waals surface area contributed by atoms with Gasteiger partial charge in [0.1, 0.15) is 5.82 Å². The average molecular weight is 583 g/mol. The first-order valence-electron chi connectivity index (χ1n) is 15.5. The molecule has 0 aliphatic heterocycles. The molecule has 43 heavy (non-hydrogen) atoms. The van der Waals surface area contributed by atoms with Crippen molar-refractivity contribution in [3.63, 3.8) is 0 Å². The van der Waals surface area contributed by atoms with Crippen LogP contribution in [-0.4, -0.2) is 29.2 Å². The highest BCUT2D eigenvalue weighted by Crippen LogP contribution is 2.33. The van der Waals surface area contributed by atoms with Crippen molar-refractivity contribution in [2.75, 3.05) is 18.5 Å². The molecule has 0 bridgehead atoms. The molecule has 0 spiro atoms. The molecule has 0 radical (unpaired) electrons. The summed E-state index contributed by atoms with van der Waals surface area (Å²) in [6, 6.07) is 24.9. The average Bonchev–Trinajstić information content (AvgIpc) is 3.01. The molecule has 3 aromatic carbocycles. The Morgan fingerprint density at radius 1 is 1.00 bits per heavy atom. The zero-order chi connectivity index (χ0) is 30.8. The molecule has 0 aliphatic carbocycles. The highest BCUT2D eigenvalue weighted by molar-refractivity contribution is 5.98. The van der Waals surface area contributed by atoms with Crippen LogP contribution in [0.3, 0.4) is 0 Å². The predicted octanol–water partition coefficient (Wildman–Crippen LogP) is 8.59. The maximum Gasteiger partial charge on any atom is 0.238 e. The van der Waals surface area contributed by atoms with Crippen LogP contribution in [0.15, 0.2) is 91.3 Å². The van der Waals surface area contributed by atoms with E-state index in [1.165, 1.54) is 21.9 Å². The maximum absolute atomic E-state index is 16.8. The number of aliphatic hydroxyl groups excluding tert-OH is 1. The quantitative estimate of drug-likeness (QED) is 0.0605. The fraction of sp³-hybridized carbons (Fsp3) is 0.378. The number of hydrogen-bond donors (Lipinski definition) is 4. The smallest absolute Gasteiger partial charge is 0.238 e. The van der Waals surface area contributed by atoms with Gasteiger partial charge in [0.15, 0.2) is 0 Å². The Balaban J connectivity index is 1.47. The standard InChI is InChI=1S/C37H47FN4O/c1-6-28(4)37(38,41-29(5)11-9-22-39-36-25-26(2)21-23-40-36)42-35(14-10-24-43)31-18-16-30(17-19-31)33-20-15-27(3)32-12-7-8-13-34(32)33/h7-8,12-13,15-21,23,25,28,35,41-43H,5-6,9-11,14,22,24H2,1-4H3,(H,39,40). The van der Waals surface area contributed by atoms with E-state index in [2.05, 4.69) is 95.1 Å². The summed E-state index contributed by atoms with van der Waals surface area (Å²) in [5.41, 5.74) is 6.34. The van der Waals surface area contributed by atoms with E-state index in [-0.39, 0.29) is 18.6 Å². The monoisotopic (exact) mass is 582 g/mol. The van der Waals surface area contributed by atoms with E-state index in [1.807, 2.05) is 32.9 Å². The van der Waals surface area contributed by atoms with E-state index < -0.39 is 5.92 Å². The van der Waals surface area contributed by atoms with E-state index in [1.54, 1.807) is 6.20 Å². The Morgan fingerprint density at radius 2 is 1.74 bits per heavy atom. The molecule has 6 heteroatoms. The van der Waals surface area contributed by atoms with Gasteiger partial charge in [-0.25, -0.2) is 9.37 Å². The molecule has 0 fully saturated rings. The number of aliphatic hydroxyl groups is 1. The first-order valence-corrected chi connectivity index (χ1v) is 15.5. The van der Waals surface area contributed by atoms with Crippen molar-refractivity contribution in [2.24, 2.45) is 5.92 Å². The number of allylic oxidation sites excluding steroid dienone is 1. The van der Waals surface area contributed by atoms with Gasteiger partial charge in [0.25, 0.3) is 0 Å². The van der Waals surface area contributed by atoms with Crippen LogP contribution >= 0.6 is 0 Å². The van der Waals surface area contributed by atoms with Crippen LogP contribution in [0.25, 0.3) is 21.9 Å². The summed E-state index contributed by atoms with van der Waals surface area (Å²) < 4.78 is 16.8. The largest absolute Gasteiger partial charge is 0.396 e. The molecule has 1 aromatic heterocycles. The minimum absolute atomic E-state index is 0.0527. The van der Waals surface area contributed by atoms with Crippen molar-refractivity contribution < 1.29 is 9.50 Å². The normalized spacial score (nSPS) is 14.2. The number of hydrogen-bond acceptors (Lipinski definition) is 5. The minimum Gasteiger partial charge on any atom is -0.396 e. The molecule has 0 amide bonds. The summed E-state index contributed by atoms with van der Waals surface area (Å²) in [4.78, 5) is 4.34. The highest BCUT2D eigenvalue weighted by Gasteiger charge is 2.37. The van der Waals surface area contributed by atoms with Crippen molar-refractivity contribution in [2.45, 2.75) is 71.8 Å². The van der Waals surface area contributed by atoms with Gasteiger partial charge in [0.05, 0.1) is 0 Å². The third kappa shape index (κ3) is 8.43. The molecule has 4 rings (SSSR count). The molecular formula is C37H47FN4O. The van der Waals surface area contributed by atoms with Crippen molar-refractivity contribution >= 4 is 16.6 Å². The van der Waals surface area contributed by atoms with Gasteiger partial charge in [-0.05, 0) is 96.7 Å². The summed E-state index contributed by atoms with van der Waals surface area (Å²) in [7, 11) is 0. The Bertz CT molecular complexity index is 1490. The Hall–Kier alpha value is -3.74. The molecule has 0 saturated carbocycles. The van der Waals surface area contributed by atoms with Gasteiger partial charge in [0, 0.05) is 37.0 Å². The van der Waals surface area contributed by atoms with Gasteiger partial charge in [0.2, 0.25) is 5.92 Å². The number of aromatic nitrogens is 1. The van der Waals surface area contributed by atoms with E-state index in [4.69, 9.17) is 0 Å². The second-order valence-corrected chi connectivity index (χ2v) is 11.7. The summed E-state index contributed by atoms with van der Waals surface area (Å²) >= 11 is 0. The molecule has 3 atom stereocenters. The first-order chi connectivity index (χ1) is 20.7. The molecule has 1 heterocycles. The third-order valence-corrected chi connectivity index (χ3v) is 8.33. The number of alkyl halides is 1. The summed E-state index contributed by atoms with van der Waals surface area (Å²) in [5, 5.41) is 21.8. The summed E-state index contributed by atoms with van der Waals surface area (Å²) in [6.07, 6.45) is 5.03. The van der Waals surface area contributed by atoms with Crippen LogP contribution in [0.1, 0.15) is 68.7 Å². The summed E-state index contributed by atoms with van der Waals surface area (Å²) in [6.45, 7) is 13.0. The summed E-state index contributed by atoms with van der Waals surface area (Å²) in [5.74, 6) is -1.33.